The molecule has 0 fully saturated rings. The largest absolute Gasteiger partial charge is 0.508 e. The van der Waals surface area contributed by atoms with E-state index in [9.17, 15) is 9.59 Å². The van der Waals surface area contributed by atoms with E-state index in [-0.39, 0.29) is 13.2 Å². The van der Waals surface area contributed by atoms with Crippen LogP contribution in [0.4, 0.5) is 9.59 Å². The van der Waals surface area contributed by atoms with E-state index in [0.29, 0.717) is 0 Å². The predicted octanol–water partition coefficient (Wildman–Crippen LogP) is 2.63. The number of hydrogen-bond acceptors (Lipinski definition) is 6. The van der Waals surface area contributed by atoms with E-state index in [0.717, 1.165) is 5.20 Å². The SMILES string of the molecule is COC(=O)OC/C=C(\COC(=O)OC)[Si](C)(C)c1ccccc1. The normalized spacial score (nSPS) is 11.6. The minimum Gasteiger partial charge on any atom is -0.438 e. The molecular weight excluding hydrogens is 316 g/mol. The zero-order valence-corrected chi connectivity index (χ0v) is 14.8. The predicted molar refractivity (Wildman–Crippen MR) is 88.4 cm³/mol. The fourth-order valence-corrected chi connectivity index (χ4v) is 4.42. The number of carbonyl (C=O) groups is 2. The molecule has 0 aliphatic carbocycles. The summed E-state index contributed by atoms with van der Waals surface area (Å²) in [4.78, 5) is 22.3. The Kier molecular flexibility index (Phi) is 7.34. The lowest BCUT2D eigenvalue weighted by Gasteiger charge is -2.26. The van der Waals surface area contributed by atoms with Crippen LogP contribution in [-0.2, 0) is 18.9 Å². The Hall–Kier alpha value is -2.28. The number of methoxy groups -OCH3 is 2. The fourth-order valence-electron chi connectivity index (χ4n) is 2.00. The molecule has 0 aliphatic rings. The molecule has 0 N–H and O–H groups in total. The van der Waals surface area contributed by atoms with Crippen molar-refractivity contribution in [3.63, 3.8) is 0 Å². The van der Waals surface area contributed by atoms with Crippen LogP contribution < -0.4 is 5.19 Å². The van der Waals surface area contributed by atoms with Gasteiger partial charge in [-0.15, -0.1) is 0 Å². The standard InChI is InChI=1S/C16H22O6Si/c1-19-15(17)21-11-10-14(12-22-16(18)20-2)23(3,4)13-8-6-5-7-9-13/h5-10H,11-12H2,1-4H3/b14-10+. The average molecular weight is 338 g/mol. The summed E-state index contributed by atoms with van der Waals surface area (Å²) in [6.45, 7) is 4.40. The van der Waals surface area contributed by atoms with Crippen LogP contribution in [0.15, 0.2) is 41.6 Å². The molecule has 1 rings (SSSR count). The van der Waals surface area contributed by atoms with Gasteiger partial charge in [0.15, 0.2) is 0 Å². The third-order valence-electron chi connectivity index (χ3n) is 3.51. The fraction of sp³-hybridized carbons (Fsp3) is 0.375. The van der Waals surface area contributed by atoms with Crippen molar-refractivity contribution in [2.45, 2.75) is 13.1 Å². The van der Waals surface area contributed by atoms with Crippen LogP contribution in [0.2, 0.25) is 13.1 Å². The van der Waals surface area contributed by atoms with Crippen LogP contribution in [0.1, 0.15) is 0 Å². The lowest BCUT2D eigenvalue weighted by atomic mass is 10.4. The molecule has 0 atom stereocenters. The van der Waals surface area contributed by atoms with E-state index in [2.05, 4.69) is 22.6 Å². The second-order valence-corrected chi connectivity index (χ2v) is 9.70. The number of carbonyl (C=O) groups excluding carboxylic acids is 2. The van der Waals surface area contributed by atoms with Gasteiger partial charge in [0.1, 0.15) is 21.3 Å². The molecule has 1 aromatic carbocycles. The Morgan fingerprint density at radius 2 is 1.57 bits per heavy atom. The van der Waals surface area contributed by atoms with Crippen LogP contribution in [-0.4, -0.2) is 47.8 Å². The first-order valence-corrected chi connectivity index (χ1v) is 10.1. The van der Waals surface area contributed by atoms with Crippen molar-refractivity contribution >= 4 is 25.6 Å². The highest BCUT2D eigenvalue weighted by molar-refractivity contribution is 6.95. The molecule has 0 unspecified atom stereocenters. The van der Waals surface area contributed by atoms with Gasteiger partial charge in [-0.1, -0.05) is 48.6 Å². The quantitative estimate of drug-likeness (QED) is 0.586. The lowest BCUT2D eigenvalue weighted by molar-refractivity contribution is 0.0775. The molecule has 0 radical (unpaired) electrons. The summed E-state index contributed by atoms with van der Waals surface area (Å²) >= 11 is 0. The molecule has 0 amide bonds. The zero-order valence-electron chi connectivity index (χ0n) is 13.8. The summed E-state index contributed by atoms with van der Waals surface area (Å²) in [7, 11) is 0.427. The van der Waals surface area contributed by atoms with Crippen molar-refractivity contribution in [2.75, 3.05) is 27.4 Å². The van der Waals surface area contributed by atoms with Crippen molar-refractivity contribution < 1.29 is 28.5 Å². The Balaban J connectivity index is 2.94. The average Bonchev–Trinajstić information content (AvgIpc) is 2.57. The first kappa shape index (κ1) is 18.8. The maximum Gasteiger partial charge on any atom is 0.508 e. The second kappa shape index (κ2) is 8.99. The van der Waals surface area contributed by atoms with Crippen molar-refractivity contribution in [2.24, 2.45) is 0 Å². The van der Waals surface area contributed by atoms with Gasteiger partial charge in [0.2, 0.25) is 0 Å². The second-order valence-electron chi connectivity index (χ2n) is 5.23. The minimum atomic E-state index is -2.07. The number of benzene rings is 1. The van der Waals surface area contributed by atoms with E-state index in [1.165, 1.54) is 19.4 Å². The molecule has 0 saturated heterocycles. The van der Waals surface area contributed by atoms with Crippen LogP contribution >= 0.6 is 0 Å². The molecule has 0 bridgehead atoms. The van der Waals surface area contributed by atoms with Gasteiger partial charge in [-0.05, 0) is 11.3 Å². The molecule has 7 heteroatoms. The Morgan fingerprint density at radius 3 is 2.13 bits per heavy atom. The van der Waals surface area contributed by atoms with Crippen LogP contribution in [0.25, 0.3) is 0 Å². The van der Waals surface area contributed by atoms with Crippen molar-refractivity contribution in [1.29, 1.82) is 0 Å². The monoisotopic (exact) mass is 338 g/mol. The summed E-state index contributed by atoms with van der Waals surface area (Å²) in [6, 6.07) is 9.96. The first-order valence-electron chi connectivity index (χ1n) is 7.08. The van der Waals surface area contributed by atoms with E-state index < -0.39 is 20.4 Å². The lowest BCUT2D eigenvalue weighted by Crippen LogP contribution is -2.45. The van der Waals surface area contributed by atoms with Gasteiger partial charge in [-0.2, -0.15) is 0 Å². The Bertz CT molecular complexity index is 553. The third-order valence-corrected chi connectivity index (χ3v) is 7.24. The van der Waals surface area contributed by atoms with Gasteiger partial charge in [0.25, 0.3) is 0 Å². The topological polar surface area (TPSA) is 71.1 Å². The molecule has 0 heterocycles. The summed E-state index contributed by atoms with van der Waals surface area (Å²) in [5.74, 6) is 0. The van der Waals surface area contributed by atoms with Gasteiger partial charge in [0, 0.05) is 0 Å². The molecule has 0 spiro atoms. The Morgan fingerprint density at radius 1 is 1.00 bits per heavy atom. The molecule has 126 valence electrons. The highest BCUT2D eigenvalue weighted by Gasteiger charge is 2.29. The van der Waals surface area contributed by atoms with Crippen LogP contribution in [0, 0.1) is 0 Å². The van der Waals surface area contributed by atoms with Crippen molar-refractivity contribution in [3.8, 4) is 0 Å². The van der Waals surface area contributed by atoms with Crippen LogP contribution in [0.3, 0.4) is 0 Å². The van der Waals surface area contributed by atoms with Gasteiger partial charge < -0.3 is 18.9 Å². The molecule has 0 aliphatic heterocycles. The molecule has 1 aromatic rings. The molecule has 0 aromatic heterocycles. The first-order chi connectivity index (χ1) is 10.9. The van der Waals surface area contributed by atoms with E-state index in [1.54, 1.807) is 6.08 Å². The minimum absolute atomic E-state index is 0.0514. The molecular formula is C16H22O6Si. The smallest absolute Gasteiger partial charge is 0.438 e. The van der Waals surface area contributed by atoms with E-state index in [1.807, 2.05) is 30.3 Å². The van der Waals surface area contributed by atoms with E-state index in [4.69, 9.17) is 9.47 Å². The summed E-state index contributed by atoms with van der Waals surface area (Å²) in [6.07, 6.45) is 0.260. The maximum atomic E-state index is 11.2. The summed E-state index contributed by atoms with van der Waals surface area (Å²) in [5.41, 5.74) is 0. The molecule has 6 nitrogen and oxygen atoms in total. The maximum absolute atomic E-state index is 11.2. The van der Waals surface area contributed by atoms with Gasteiger partial charge in [0.05, 0.1) is 14.2 Å². The zero-order chi connectivity index (χ0) is 17.3. The third kappa shape index (κ3) is 5.78. The molecule has 23 heavy (non-hydrogen) atoms. The number of hydrogen-bond donors (Lipinski definition) is 0. The van der Waals surface area contributed by atoms with Gasteiger partial charge >= 0.3 is 12.3 Å². The van der Waals surface area contributed by atoms with Gasteiger partial charge in [-0.3, -0.25) is 0 Å². The van der Waals surface area contributed by atoms with Gasteiger partial charge in [-0.25, -0.2) is 9.59 Å². The van der Waals surface area contributed by atoms with Crippen molar-refractivity contribution in [1.82, 2.24) is 0 Å². The summed E-state index contributed by atoms with van der Waals surface area (Å²) < 4.78 is 18.9. The highest BCUT2D eigenvalue weighted by Crippen LogP contribution is 2.16. The van der Waals surface area contributed by atoms with E-state index >= 15 is 0 Å². The number of rotatable bonds is 6. The number of ether oxygens (including phenoxy) is 4. The Labute approximate surface area is 137 Å². The summed E-state index contributed by atoms with van der Waals surface area (Å²) in [5, 5.41) is 2.09. The van der Waals surface area contributed by atoms with Crippen molar-refractivity contribution in [3.05, 3.63) is 41.6 Å². The van der Waals surface area contributed by atoms with Crippen LogP contribution in [0.5, 0.6) is 0 Å². The highest BCUT2D eigenvalue weighted by atomic mass is 28.3. The molecule has 0 saturated carbocycles.